The van der Waals surface area contributed by atoms with Gasteiger partial charge in [-0.25, -0.2) is 9.37 Å². The van der Waals surface area contributed by atoms with Crippen molar-refractivity contribution in [3.8, 4) is 0 Å². The van der Waals surface area contributed by atoms with Crippen molar-refractivity contribution in [3.63, 3.8) is 0 Å². The number of hydrogen-bond acceptors (Lipinski definition) is 4. The molecular formula is C24H29FN4O2. The van der Waals surface area contributed by atoms with E-state index in [-0.39, 0.29) is 30.2 Å². The molecule has 0 aliphatic carbocycles. The molecule has 0 unspecified atom stereocenters. The molecule has 31 heavy (non-hydrogen) atoms. The second-order valence-corrected chi connectivity index (χ2v) is 8.33. The molecule has 7 heteroatoms. The zero-order valence-electron chi connectivity index (χ0n) is 18.1. The van der Waals surface area contributed by atoms with Gasteiger partial charge < -0.3 is 14.6 Å². The van der Waals surface area contributed by atoms with Crippen LogP contribution in [0.15, 0.2) is 48.5 Å². The monoisotopic (exact) mass is 424 g/mol. The Kier molecular flexibility index (Phi) is 6.63. The summed E-state index contributed by atoms with van der Waals surface area (Å²) in [5.74, 6) is 0.674. The van der Waals surface area contributed by atoms with E-state index < -0.39 is 0 Å². The lowest BCUT2D eigenvalue weighted by Crippen LogP contribution is -2.37. The Balaban J connectivity index is 1.55. The Morgan fingerprint density at radius 3 is 2.55 bits per heavy atom. The molecule has 1 amide bonds. The van der Waals surface area contributed by atoms with Gasteiger partial charge in [0.05, 0.1) is 36.8 Å². The number of rotatable bonds is 7. The third-order valence-electron chi connectivity index (χ3n) is 5.72. The lowest BCUT2D eigenvalue weighted by atomic mass is 9.96. The predicted molar refractivity (Wildman–Crippen MR) is 118 cm³/mol. The molecule has 0 radical (unpaired) electrons. The molecule has 1 atom stereocenters. The Morgan fingerprint density at radius 1 is 1.13 bits per heavy atom. The quantitative estimate of drug-likeness (QED) is 0.631. The number of para-hydroxylation sites is 2. The molecule has 0 saturated carbocycles. The summed E-state index contributed by atoms with van der Waals surface area (Å²) in [5.41, 5.74) is 2.73. The second kappa shape index (κ2) is 9.58. The highest BCUT2D eigenvalue weighted by Crippen LogP contribution is 2.23. The van der Waals surface area contributed by atoms with Gasteiger partial charge in [-0.1, -0.05) is 38.1 Å². The number of hydrogen-bond donors (Lipinski definition) is 1. The molecule has 0 spiro atoms. The van der Waals surface area contributed by atoms with Crippen LogP contribution in [-0.4, -0.2) is 46.7 Å². The molecule has 2 aromatic carbocycles. The largest absolute Gasteiger partial charge is 0.379 e. The van der Waals surface area contributed by atoms with E-state index >= 15 is 0 Å². The summed E-state index contributed by atoms with van der Waals surface area (Å²) in [4.78, 5) is 20.2. The number of nitrogens with zero attached hydrogens (tertiary/aromatic N) is 3. The van der Waals surface area contributed by atoms with E-state index in [1.165, 1.54) is 12.1 Å². The fraction of sp³-hybridized carbons (Fsp3) is 0.417. The van der Waals surface area contributed by atoms with Crippen LogP contribution in [0.2, 0.25) is 0 Å². The van der Waals surface area contributed by atoms with E-state index in [2.05, 4.69) is 10.2 Å². The van der Waals surface area contributed by atoms with Gasteiger partial charge in [0, 0.05) is 13.1 Å². The van der Waals surface area contributed by atoms with Crippen LogP contribution in [0.1, 0.15) is 31.3 Å². The summed E-state index contributed by atoms with van der Waals surface area (Å²) < 4.78 is 20.8. The van der Waals surface area contributed by atoms with E-state index in [4.69, 9.17) is 9.72 Å². The van der Waals surface area contributed by atoms with E-state index in [0.29, 0.717) is 19.8 Å². The molecule has 1 aliphatic rings. The summed E-state index contributed by atoms with van der Waals surface area (Å²) in [6.07, 6.45) is 0. The summed E-state index contributed by atoms with van der Waals surface area (Å²) in [7, 11) is 0. The molecule has 4 rings (SSSR count). The number of halogens is 1. The van der Waals surface area contributed by atoms with E-state index in [1.807, 2.05) is 42.7 Å². The van der Waals surface area contributed by atoms with Gasteiger partial charge in [-0.3, -0.25) is 9.69 Å². The summed E-state index contributed by atoms with van der Waals surface area (Å²) in [6.45, 7) is 8.10. The molecule has 1 N–H and O–H groups in total. The number of benzene rings is 2. The van der Waals surface area contributed by atoms with Gasteiger partial charge in [0.25, 0.3) is 0 Å². The predicted octanol–water partition coefficient (Wildman–Crippen LogP) is 3.52. The topological polar surface area (TPSA) is 59.4 Å². The molecule has 3 aromatic rings. The van der Waals surface area contributed by atoms with Gasteiger partial charge in [0.2, 0.25) is 5.91 Å². The molecule has 1 fully saturated rings. The maximum atomic E-state index is 13.3. The van der Waals surface area contributed by atoms with Gasteiger partial charge in [-0.15, -0.1) is 0 Å². The average Bonchev–Trinajstić information content (AvgIpc) is 3.10. The molecule has 6 nitrogen and oxygen atoms in total. The number of imidazole rings is 1. The maximum Gasteiger partial charge on any atom is 0.240 e. The number of carbonyl (C=O) groups is 1. The summed E-state index contributed by atoms with van der Waals surface area (Å²) in [6, 6.07) is 14.0. The van der Waals surface area contributed by atoms with Crippen molar-refractivity contribution in [2.45, 2.75) is 33.0 Å². The normalized spacial score (nSPS) is 16.0. The SMILES string of the molecule is CC(C)[C@H](NC(=O)Cn1c(CN2CCOCC2)nc2ccccc21)c1ccc(F)cc1. The zero-order valence-corrected chi connectivity index (χ0v) is 18.1. The Labute approximate surface area is 182 Å². The second-order valence-electron chi connectivity index (χ2n) is 8.33. The minimum atomic E-state index is -0.282. The fourth-order valence-corrected chi connectivity index (χ4v) is 4.05. The first-order chi connectivity index (χ1) is 15.0. The van der Waals surface area contributed by atoms with Crippen LogP contribution in [-0.2, 0) is 22.6 Å². The summed E-state index contributed by atoms with van der Waals surface area (Å²) in [5, 5.41) is 3.14. The highest BCUT2D eigenvalue weighted by molar-refractivity contribution is 5.81. The standard InChI is InChI=1S/C24H29FN4O2/c1-17(2)24(18-7-9-19(25)10-8-18)27-23(30)16-29-21-6-4-3-5-20(21)26-22(29)15-28-11-13-31-14-12-28/h3-10,17,24H,11-16H2,1-2H3,(H,27,30)/t24-/m0/s1. The first kappa shape index (κ1) is 21.5. The third-order valence-corrected chi connectivity index (χ3v) is 5.72. The molecule has 1 saturated heterocycles. The van der Waals surface area contributed by atoms with Gasteiger partial charge in [0.1, 0.15) is 18.2 Å². The van der Waals surface area contributed by atoms with Crippen molar-refractivity contribution in [1.29, 1.82) is 0 Å². The van der Waals surface area contributed by atoms with E-state index in [1.54, 1.807) is 12.1 Å². The van der Waals surface area contributed by atoms with Crippen molar-refractivity contribution < 1.29 is 13.9 Å². The first-order valence-corrected chi connectivity index (χ1v) is 10.8. The number of amides is 1. The number of nitrogens with one attached hydrogen (secondary N) is 1. The van der Waals surface area contributed by atoms with Gasteiger partial charge in [-0.2, -0.15) is 0 Å². The van der Waals surface area contributed by atoms with Crippen LogP contribution in [0.5, 0.6) is 0 Å². The Morgan fingerprint density at radius 2 is 1.84 bits per heavy atom. The Hall–Kier alpha value is -2.77. The smallest absolute Gasteiger partial charge is 0.240 e. The van der Waals surface area contributed by atoms with Crippen LogP contribution in [0.25, 0.3) is 11.0 Å². The maximum absolute atomic E-state index is 13.3. The minimum Gasteiger partial charge on any atom is -0.379 e. The molecule has 1 aliphatic heterocycles. The first-order valence-electron chi connectivity index (χ1n) is 10.8. The zero-order chi connectivity index (χ0) is 21.8. The molecule has 2 heterocycles. The minimum absolute atomic E-state index is 0.0885. The van der Waals surface area contributed by atoms with Crippen LogP contribution < -0.4 is 5.32 Å². The number of fused-ring (bicyclic) bond motifs is 1. The molecule has 0 bridgehead atoms. The molecule has 1 aromatic heterocycles. The van der Waals surface area contributed by atoms with Crippen molar-refractivity contribution in [3.05, 3.63) is 65.7 Å². The van der Waals surface area contributed by atoms with Gasteiger partial charge in [-0.05, 0) is 35.7 Å². The van der Waals surface area contributed by atoms with Crippen LogP contribution >= 0.6 is 0 Å². The van der Waals surface area contributed by atoms with E-state index in [0.717, 1.165) is 35.5 Å². The number of ether oxygens (including phenoxy) is 1. The molecule has 164 valence electrons. The van der Waals surface area contributed by atoms with E-state index in [9.17, 15) is 9.18 Å². The van der Waals surface area contributed by atoms with Gasteiger partial charge in [0.15, 0.2) is 0 Å². The van der Waals surface area contributed by atoms with Crippen LogP contribution in [0.4, 0.5) is 4.39 Å². The third kappa shape index (κ3) is 5.11. The van der Waals surface area contributed by atoms with Crippen LogP contribution in [0.3, 0.4) is 0 Å². The van der Waals surface area contributed by atoms with Crippen molar-refractivity contribution in [2.24, 2.45) is 5.92 Å². The average molecular weight is 425 g/mol. The lowest BCUT2D eigenvalue weighted by Gasteiger charge is -2.26. The molecular weight excluding hydrogens is 395 g/mol. The number of morpholine rings is 1. The van der Waals surface area contributed by atoms with Crippen LogP contribution in [0, 0.1) is 11.7 Å². The fourth-order valence-electron chi connectivity index (χ4n) is 4.05. The van der Waals surface area contributed by atoms with Crippen molar-refractivity contribution in [2.75, 3.05) is 26.3 Å². The van der Waals surface area contributed by atoms with Gasteiger partial charge >= 0.3 is 0 Å². The highest BCUT2D eigenvalue weighted by atomic mass is 19.1. The van der Waals surface area contributed by atoms with Crippen molar-refractivity contribution in [1.82, 2.24) is 19.8 Å². The number of aromatic nitrogens is 2. The lowest BCUT2D eigenvalue weighted by molar-refractivity contribution is -0.122. The number of carbonyl (C=O) groups excluding carboxylic acids is 1. The Bertz CT molecular complexity index is 1030. The highest BCUT2D eigenvalue weighted by Gasteiger charge is 2.21. The van der Waals surface area contributed by atoms with Crippen molar-refractivity contribution >= 4 is 16.9 Å². The summed E-state index contributed by atoms with van der Waals surface area (Å²) >= 11 is 0.